The summed E-state index contributed by atoms with van der Waals surface area (Å²) in [5.74, 6) is 1.58. The Bertz CT molecular complexity index is 1040. The fourth-order valence-corrected chi connectivity index (χ4v) is 2.94. The number of H-pyrrole nitrogens is 1. The van der Waals surface area contributed by atoms with Crippen molar-refractivity contribution in [3.8, 4) is 28.1 Å². The number of aromatic amines is 1. The van der Waals surface area contributed by atoms with Gasteiger partial charge in [0, 0.05) is 5.56 Å². The lowest BCUT2D eigenvalue weighted by Gasteiger charge is -2.06. The smallest absolute Gasteiger partial charge is 0.150 e. The predicted octanol–water partition coefficient (Wildman–Crippen LogP) is 5.14. The zero-order valence-electron chi connectivity index (χ0n) is 14.6. The second-order valence-electron chi connectivity index (χ2n) is 6.13. The van der Waals surface area contributed by atoms with Gasteiger partial charge in [-0.3, -0.25) is 4.79 Å². The number of carbonyl (C=O) groups excluding carboxylic acids is 1. The van der Waals surface area contributed by atoms with Gasteiger partial charge in [0.15, 0.2) is 6.29 Å². The fraction of sp³-hybridized carbons (Fsp3) is 0.0435. The Balaban J connectivity index is 1.49. The minimum atomic E-state index is 0.384. The second-order valence-corrected chi connectivity index (χ2v) is 6.13. The van der Waals surface area contributed by atoms with Crippen LogP contribution in [0.4, 0.5) is 0 Å². The number of benzene rings is 3. The zero-order chi connectivity index (χ0) is 18.5. The Morgan fingerprint density at radius 1 is 0.852 bits per heavy atom. The molecule has 0 fully saturated rings. The Morgan fingerprint density at radius 3 is 2.33 bits per heavy atom. The van der Waals surface area contributed by atoms with E-state index in [9.17, 15) is 4.79 Å². The minimum Gasteiger partial charge on any atom is -0.486 e. The summed E-state index contributed by atoms with van der Waals surface area (Å²) >= 11 is 0. The van der Waals surface area contributed by atoms with E-state index < -0.39 is 0 Å². The number of hydrogen-bond acceptors (Lipinski definition) is 3. The molecule has 0 spiro atoms. The number of aldehydes is 1. The van der Waals surface area contributed by atoms with E-state index in [1.54, 1.807) is 6.20 Å². The molecule has 0 bridgehead atoms. The summed E-state index contributed by atoms with van der Waals surface area (Å²) in [7, 11) is 0. The molecule has 1 aromatic heterocycles. The van der Waals surface area contributed by atoms with Gasteiger partial charge in [0.2, 0.25) is 0 Å². The van der Waals surface area contributed by atoms with Gasteiger partial charge in [-0.1, -0.05) is 66.7 Å². The molecule has 0 radical (unpaired) electrons. The number of nitrogens with one attached hydrogen (secondary N) is 1. The van der Waals surface area contributed by atoms with Crippen LogP contribution in [0.3, 0.4) is 0 Å². The summed E-state index contributed by atoms with van der Waals surface area (Å²) in [6.07, 6.45) is 2.69. The van der Waals surface area contributed by atoms with Gasteiger partial charge in [0.1, 0.15) is 18.2 Å². The van der Waals surface area contributed by atoms with Gasteiger partial charge in [0.05, 0.1) is 11.9 Å². The van der Waals surface area contributed by atoms with Gasteiger partial charge in [-0.25, -0.2) is 4.98 Å². The molecule has 4 rings (SSSR count). The lowest BCUT2D eigenvalue weighted by atomic mass is 9.99. The highest BCUT2D eigenvalue weighted by Gasteiger charge is 2.07. The van der Waals surface area contributed by atoms with E-state index in [-0.39, 0.29) is 0 Å². The van der Waals surface area contributed by atoms with Gasteiger partial charge >= 0.3 is 0 Å². The maximum atomic E-state index is 11.2. The van der Waals surface area contributed by atoms with E-state index in [0.717, 1.165) is 40.2 Å². The predicted molar refractivity (Wildman–Crippen MR) is 106 cm³/mol. The third kappa shape index (κ3) is 3.80. The molecule has 0 unspecified atom stereocenters. The summed E-state index contributed by atoms with van der Waals surface area (Å²) in [5.41, 5.74) is 4.58. The van der Waals surface area contributed by atoms with Crippen molar-refractivity contribution in [2.45, 2.75) is 6.61 Å². The Morgan fingerprint density at radius 2 is 1.56 bits per heavy atom. The van der Waals surface area contributed by atoms with Gasteiger partial charge in [-0.05, 0) is 28.8 Å². The maximum Gasteiger partial charge on any atom is 0.150 e. The third-order valence-corrected chi connectivity index (χ3v) is 4.34. The van der Waals surface area contributed by atoms with E-state index >= 15 is 0 Å². The summed E-state index contributed by atoms with van der Waals surface area (Å²) in [4.78, 5) is 18.9. The van der Waals surface area contributed by atoms with Gasteiger partial charge in [-0.2, -0.15) is 0 Å². The highest BCUT2D eigenvalue weighted by atomic mass is 16.5. The van der Waals surface area contributed by atoms with Crippen LogP contribution in [-0.2, 0) is 6.61 Å². The van der Waals surface area contributed by atoms with Crippen LogP contribution in [0.25, 0.3) is 22.4 Å². The number of rotatable bonds is 6. The number of hydrogen-bond donors (Lipinski definition) is 1. The van der Waals surface area contributed by atoms with Crippen LogP contribution in [0.1, 0.15) is 16.2 Å². The van der Waals surface area contributed by atoms with E-state index in [0.29, 0.717) is 12.2 Å². The van der Waals surface area contributed by atoms with Crippen molar-refractivity contribution in [3.63, 3.8) is 0 Å². The monoisotopic (exact) mass is 354 g/mol. The first-order chi connectivity index (χ1) is 13.3. The molecule has 4 aromatic rings. The fourth-order valence-electron chi connectivity index (χ4n) is 2.94. The van der Waals surface area contributed by atoms with E-state index in [2.05, 4.69) is 9.97 Å². The average molecular weight is 354 g/mol. The highest BCUT2D eigenvalue weighted by molar-refractivity contribution is 5.87. The lowest BCUT2D eigenvalue weighted by Crippen LogP contribution is -1.97. The normalized spacial score (nSPS) is 10.5. The van der Waals surface area contributed by atoms with Crippen molar-refractivity contribution in [3.05, 3.63) is 96.4 Å². The average Bonchev–Trinajstić information content (AvgIpc) is 3.22. The van der Waals surface area contributed by atoms with Crippen LogP contribution < -0.4 is 4.74 Å². The van der Waals surface area contributed by atoms with E-state index in [1.807, 2.05) is 78.9 Å². The van der Waals surface area contributed by atoms with Crippen molar-refractivity contribution in [2.24, 2.45) is 0 Å². The van der Waals surface area contributed by atoms with Crippen LogP contribution in [0.15, 0.2) is 85.1 Å². The van der Waals surface area contributed by atoms with Crippen LogP contribution in [0.5, 0.6) is 5.75 Å². The summed E-state index contributed by atoms with van der Waals surface area (Å²) in [6, 6.07) is 25.3. The number of carbonyl (C=O) groups is 1. The van der Waals surface area contributed by atoms with Gasteiger partial charge in [-0.15, -0.1) is 0 Å². The first-order valence-corrected chi connectivity index (χ1v) is 8.70. The third-order valence-electron chi connectivity index (χ3n) is 4.34. The molecule has 0 aliphatic carbocycles. The summed E-state index contributed by atoms with van der Waals surface area (Å²) in [5, 5.41) is 0. The Kier molecular flexibility index (Phi) is 4.79. The summed E-state index contributed by atoms with van der Waals surface area (Å²) in [6.45, 7) is 0.384. The van der Waals surface area contributed by atoms with Gasteiger partial charge in [0.25, 0.3) is 0 Å². The molecule has 0 aliphatic rings. The number of aromatic nitrogens is 2. The molecule has 1 heterocycles. The minimum absolute atomic E-state index is 0.384. The second kappa shape index (κ2) is 7.70. The molecule has 27 heavy (non-hydrogen) atoms. The van der Waals surface area contributed by atoms with E-state index in [1.165, 1.54) is 0 Å². The number of ether oxygens (including phenoxy) is 1. The SMILES string of the molecule is O=Cc1ccccc1-c1ccc(-c2cnc(COc3ccccc3)[nH]2)cc1. The molecule has 0 saturated heterocycles. The quantitative estimate of drug-likeness (QED) is 0.488. The number of para-hydroxylation sites is 1. The van der Waals surface area contributed by atoms with Crippen LogP contribution in [0.2, 0.25) is 0 Å². The molecule has 0 amide bonds. The van der Waals surface area contributed by atoms with Crippen molar-refractivity contribution < 1.29 is 9.53 Å². The molecular weight excluding hydrogens is 336 g/mol. The van der Waals surface area contributed by atoms with Crippen molar-refractivity contribution in [2.75, 3.05) is 0 Å². The van der Waals surface area contributed by atoms with Crippen molar-refractivity contribution in [1.82, 2.24) is 9.97 Å². The molecular formula is C23H18N2O2. The van der Waals surface area contributed by atoms with Crippen molar-refractivity contribution in [1.29, 1.82) is 0 Å². The maximum absolute atomic E-state index is 11.2. The molecule has 1 N–H and O–H groups in total. The topological polar surface area (TPSA) is 55.0 Å². The molecule has 0 aliphatic heterocycles. The largest absolute Gasteiger partial charge is 0.486 e. The molecule has 0 saturated carbocycles. The lowest BCUT2D eigenvalue weighted by molar-refractivity contribution is 0.112. The van der Waals surface area contributed by atoms with E-state index in [4.69, 9.17) is 4.74 Å². The Labute approximate surface area is 157 Å². The van der Waals surface area contributed by atoms with Crippen molar-refractivity contribution >= 4 is 6.29 Å². The van der Waals surface area contributed by atoms with Crippen LogP contribution in [0, 0.1) is 0 Å². The molecule has 3 aromatic carbocycles. The first kappa shape index (κ1) is 16.8. The molecule has 4 nitrogen and oxygen atoms in total. The zero-order valence-corrected chi connectivity index (χ0v) is 14.6. The standard InChI is InChI=1S/C23H18N2O2/c26-15-19-6-4-5-9-21(19)17-10-12-18(13-11-17)22-14-24-23(25-22)16-27-20-7-2-1-3-8-20/h1-15H,16H2,(H,24,25). The van der Waals surface area contributed by atoms with Gasteiger partial charge < -0.3 is 9.72 Å². The number of imidazole rings is 1. The first-order valence-electron chi connectivity index (χ1n) is 8.70. The molecule has 132 valence electrons. The Hall–Kier alpha value is -3.66. The number of nitrogens with zero attached hydrogens (tertiary/aromatic N) is 1. The highest BCUT2D eigenvalue weighted by Crippen LogP contribution is 2.26. The summed E-state index contributed by atoms with van der Waals surface area (Å²) < 4.78 is 5.72. The molecule has 0 atom stereocenters. The van der Waals surface area contributed by atoms with Crippen LogP contribution >= 0.6 is 0 Å². The molecule has 4 heteroatoms. The van der Waals surface area contributed by atoms with Crippen LogP contribution in [-0.4, -0.2) is 16.3 Å².